The van der Waals surface area contributed by atoms with E-state index in [1.54, 1.807) is 0 Å². The number of aryl methyl sites for hydroxylation is 1. The third kappa shape index (κ3) is 6.28. The summed E-state index contributed by atoms with van der Waals surface area (Å²) in [6.45, 7) is 9.85. The highest BCUT2D eigenvalue weighted by atomic mass is 32.1. The maximum absolute atomic E-state index is 13.5. The Hall–Kier alpha value is -4.76. The highest BCUT2D eigenvalue weighted by molar-refractivity contribution is 7.15. The topological polar surface area (TPSA) is 83.5 Å². The summed E-state index contributed by atoms with van der Waals surface area (Å²) in [7, 11) is 0. The molecule has 6 aromatic rings. The van der Waals surface area contributed by atoms with Crippen molar-refractivity contribution in [3.63, 3.8) is 0 Å². The second-order valence-corrected chi connectivity index (χ2v) is 12.2. The van der Waals surface area contributed by atoms with Crippen LogP contribution in [0.5, 0.6) is 11.5 Å². The molecule has 0 unspecified atom stereocenters. The van der Waals surface area contributed by atoms with Gasteiger partial charge in [0.1, 0.15) is 17.2 Å². The lowest BCUT2D eigenvalue weighted by atomic mass is 10.0. The normalized spacial score (nSPS) is 12.0. The van der Waals surface area contributed by atoms with Crippen molar-refractivity contribution in [1.82, 2.24) is 24.4 Å². The monoisotopic (exact) mass is 605 g/mol. The number of thiazole rings is 1. The van der Waals surface area contributed by atoms with Crippen molar-refractivity contribution in [2.75, 3.05) is 13.2 Å². The summed E-state index contributed by atoms with van der Waals surface area (Å²) in [6.07, 6.45) is 5.78. The first-order valence-electron chi connectivity index (χ1n) is 14.9. The van der Waals surface area contributed by atoms with Crippen LogP contribution in [-0.4, -0.2) is 37.6 Å². The van der Waals surface area contributed by atoms with E-state index in [0.717, 1.165) is 58.0 Å². The van der Waals surface area contributed by atoms with Crippen LogP contribution in [0, 0.1) is 12.8 Å². The summed E-state index contributed by atoms with van der Waals surface area (Å²) in [5, 5.41) is 9.49. The second kappa shape index (κ2) is 12.9. The van der Waals surface area contributed by atoms with Gasteiger partial charge in [0, 0.05) is 22.9 Å². The van der Waals surface area contributed by atoms with Gasteiger partial charge >= 0.3 is 0 Å². The molecule has 0 atom stereocenters. The minimum absolute atomic E-state index is 0.213. The fraction of sp³-hybridized carbons (Fsp3) is 0.257. The molecule has 0 aliphatic rings. The Morgan fingerprint density at radius 3 is 2.41 bits per heavy atom. The average Bonchev–Trinajstić information content (AvgIpc) is 3.72. The molecule has 0 saturated carbocycles. The predicted molar refractivity (Wildman–Crippen MR) is 176 cm³/mol. The van der Waals surface area contributed by atoms with Crippen LogP contribution in [0.15, 0.2) is 83.8 Å². The molecule has 0 spiro atoms. The molecule has 44 heavy (non-hydrogen) atoms. The van der Waals surface area contributed by atoms with E-state index in [0.29, 0.717) is 34.4 Å². The van der Waals surface area contributed by atoms with Gasteiger partial charge < -0.3 is 9.47 Å². The molecular weight excluding hydrogens is 570 g/mol. The van der Waals surface area contributed by atoms with Gasteiger partial charge in [0.25, 0.3) is 5.56 Å². The van der Waals surface area contributed by atoms with Crippen molar-refractivity contribution in [2.45, 2.75) is 40.5 Å². The maximum atomic E-state index is 13.5. The molecule has 3 heterocycles. The Balaban J connectivity index is 1.36. The van der Waals surface area contributed by atoms with E-state index >= 15 is 0 Å². The number of hydrogen-bond acceptors (Lipinski definition) is 7. The zero-order valence-electron chi connectivity index (χ0n) is 25.4. The van der Waals surface area contributed by atoms with Gasteiger partial charge in [-0.1, -0.05) is 50.3 Å². The summed E-state index contributed by atoms with van der Waals surface area (Å²) in [5.74, 6) is 2.76. The molecular formula is C35H35N5O3S. The van der Waals surface area contributed by atoms with Gasteiger partial charge in [0.05, 0.1) is 23.4 Å². The van der Waals surface area contributed by atoms with E-state index < -0.39 is 0 Å². The Bertz CT molecular complexity index is 1990. The van der Waals surface area contributed by atoms with Crippen molar-refractivity contribution in [3.05, 3.63) is 105 Å². The number of hydrogen-bond donors (Lipinski definition) is 0. The molecule has 0 aliphatic heterocycles. The lowest BCUT2D eigenvalue weighted by Gasteiger charge is -2.11. The van der Waals surface area contributed by atoms with Crippen LogP contribution in [0.1, 0.15) is 44.7 Å². The largest absolute Gasteiger partial charge is 0.494 e. The van der Waals surface area contributed by atoms with Gasteiger partial charge in [0.2, 0.25) is 4.96 Å². The van der Waals surface area contributed by atoms with Crippen molar-refractivity contribution in [1.29, 1.82) is 0 Å². The molecule has 0 fully saturated rings. The van der Waals surface area contributed by atoms with Gasteiger partial charge in [-0.2, -0.15) is 14.6 Å². The van der Waals surface area contributed by atoms with Gasteiger partial charge in [-0.25, -0.2) is 4.68 Å². The fourth-order valence-corrected chi connectivity index (χ4v) is 5.71. The van der Waals surface area contributed by atoms with E-state index in [4.69, 9.17) is 14.6 Å². The van der Waals surface area contributed by atoms with Crippen LogP contribution >= 0.6 is 11.3 Å². The molecule has 0 saturated heterocycles. The van der Waals surface area contributed by atoms with E-state index in [9.17, 15) is 4.79 Å². The molecule has 8 nitrogen and oxygen atoms in total. The molecule has 6 rings (SSSR count). The summed E-state index contributed by atoms with van der Waals surface area (Å²) < 4.78 is 15.5. The Labute approximate surface area is 260 Å². The van der Waals surface area contributed by atoms with E-state index in [-0.39, 0.29) is 5.56 Å². The molecule has 0 aliphatic carbocycles. The molecule has 0 N–H and O–H groups in total. The number of aromatic nitrogens is 5. The number of nitrogens with zero attached hydrogens (tertiary/aromatic N) is 5. The lowest BCUT2D eigenvalue weighted by molar-refractivity contribution is 0.288. The first-order valence-corrected chi connectivity index (χ1v) is 15.7. The van der Waals surface area contributed by atoms with Crippen LogP contribution in [0.25, 0.3) is 39.4 Å². The fourth-order valence-electron chi connectivity index (χ4n) is 4.81. The number of para-hydroxylation sites is 1. The first-order chi connectivity index (χ1) is 21.4. The zero-order chi connectivity index (χ0) is 30.6. The standard InChI is InChI=1S/C35H35N5O3S/c1-5-18-42-29-14-11-25(12-15-29)33-36-35-40(38-33)34(41)31(44-35)21-27-22-39(28-9-7-6-8-10-28)37-32(27)26-13-16-30(24(4)20-26)43-19-17-23(2)3/h6-16,20-23H,5,17-19H2,1-4H3. The molecule has 9 heteroatoms. The minimum atomic E-state index is -0.213. The van der Waals surface area contributed by atoms with Crippen molar-refractivity contribution >= 4 is 22.4 Å². The van der Waals surface area contributed by atoms with Crippen LogP contribution in [0.3, 0.4) is 0 Å². The quantitative estimate of drug-likeness (QED) is 0.163. The molecule has 0 radical (unpaired) electrons. The summed E-state index contributed by atoms with van der Waals surface area (Å²) in [5.41, 5.74) is 5.12. The number of rotatable bonds is 11. The van der Waals surface area contributed by atoms with Crippen LogP contribution in [0.2, 0.25) is 0 Å². The SMILES string of the molecule is CCCOc1ccc(-c2nc3sc(=Cc4cn(-c5ccccc5)nc4-c4ccc(OCCC(C)C)c(C)c4)c(=O)n3n2)cc1. The van der Waals surface area contributed by atoms with Gasteiger partial charge in [-0.15, -0.1) is 5.10 Å². The third-order valence-electron chi connectivity index (χ3n) is 7.22. The van der Waals surface area contributed by atoms with E-state index in [1.165, 1.54) is 15.9 Å². The van der Waals surface area contributed by atoms with Crippen molar-refractivity contribution in [3.8, 4) is 39.8 Å². The Kier molecular flexibility index (Phi) is 8.56. The van der Waals surface area contributed by atoms with E-state index in [1.807, 2.05) is 90.6 Å². The molecule has 224 valence electrons. The Morgan fingerprint density at radius 1 is 0.932 bits per heavy atom. The first kappa shape index (κ1) is 29.3. The highest BCUT2D eigenvalue weighted by Crippen LogP contribution is 2.29. The average molecular weight is 606 g/mol. The molecule has 3 aromatic heterocycles. The number of fused-ring (bicyclic) bond motifs is 1. The zero-order valence-corrected chi connectivity index (χ0v) is 26.2. The summed E-state index contributed by atoms with van der Waals surface area (Å²) in [6, 6.07) is 23.7. The van der Waals surface area contributed by atoms with E-state index in [2.05, 4.69) is 36.9 Å². The van der Waals surface area contributed by atoms with Crippen molar-refractivity contribution in [2.24, 2.45) is 5.92 Å². The van der Waals surface area contributed by atoms with Gasteiger partial charge in [-0.05, 0) is 91.9 Å². The predicted octanol–water partition coefficient (Wildman–Crippen LogP) is 6.74. The number of benzene rings is 3. The van der Waals surface area contributed by atoms with Crippen LogP contribution in [0.4, 0.5) is 0 Å². The van der Waals surface area contributed by atoms with Gasteiger partial charge in [-0.3, -0.25) is 4.79 Å². The highest BCUT2D eigenvalue weighted by Gasteiger charge is 2.16. The lowest BCUT2D eigenvalue weighted by Crippen LogP contribution is -2.23. The maximum Gasteiger partial charge on any atom is 0.291 e. The van der Waals surface area contributed by atoms with Crippen LogP contribution in [-0.2, 0) is 0 Å². The van der Waals surface area contributed by atoms with Crippen molar-refractivity contribution < 1.29 is 9.47 Å². The van der Waals surface area contributed by atoms with Gasteiger partial charge in [0.15, 0.2) is 5.82 Å². The number of ether oxygens (including phenoxy) is 2. The Morgan fingerprint density at radius 2 is 1.70 bits per heavy atom. The third-order valence-corrected chi connectivity index (χ3v) is 8.18. The smallest absolute Gasteiger partial charge is 0.291 e. The molecule has 3 aromatic carbocycles. The van der Waals surface area contributed by atoms with Crippen LogP contribution < -0.4 is 19.6 Å². The summed E-state index contributed by atoms with van der Waals surface area (Å²) in [4.78, 5) is 18.7. The summed E-state index contributed by atoms with van der Waals surface area (Å²) >= 11 is 1.31. The second-order valence-electron chi connectivity index (χ2n) is 11.1. The molecule has 0 bridgehead atoms. The molecule has 0 amide bonds. The minimum Gasteiger partial charge on any atom is -0.494 e.